The van der Waals surface area contributed by atoms with Gasteiger partial charge in [0.1, 0.15) is 23.6 Å². The Bertz CT molecular complexity index is 608. The lowest BCUT2D eigenvalue weighted by molar-refractivity contribution is -0.150. The van der Waals surface area contributed by atoms with Crippen LogP contribution < -0.4 is 10.1 Å². The van der Waals surface area contributed by atoms with Crippen molar-refractivity contribution in [2.75, 3.05) is 12.4 Å². The van der Waals surface area contributed by atoms with Crippen molar-refractivity contribution in [3.63, 3.8) is 0 Å². The zero-order chi connectivity index (χ0) is 15.4. The van der Waals surface area contributed by atoms with E-state index in [0.29, 0.717) is 12.2 Å². The van der Waals surface area contributed by atoms with Gasteiger partial charge in [0, 0.05) is 0 Å². The molecule has 0 saturated carbocycles. The topological polar surface area (TPSA) is 109 Å². The second-order valence-electron chi connectivity index (χ2n) is 4.51. The van der Waals surface area contributed by atoms with Gasteiger partial charge in [-0.25, -0.2) is 4.79 Å². The number of nitrogens with zero attached hydrogens (tertiary/aromatic N) is 1. The van der Waals surface area contributed by atoms with Crippen molar-refractivity contribution < 1.29 is 24.2 Å². The molecule has 2 rings (SSSR count). The molecule has 2 atom stereocenters. The van der Waals surface area contributed by atoms with E-state index in [0.717, 1.165) is 0 Å². The normalized spacial score (nSPS) is 20.6. The number of carbonyl (C=O) groups excluding carboxylic acids is 1. The summed E-state index contributed by atoms with van der Waals surface area (Å²) in [5.41, 5.74) is 0.519. The van der Waals surface area contributed by atoms with E-state index in [2.05, 4.69) is 5.32 Å². The van der Waals surface area contributed by atoms with Crippen molar-refractivity contribution in [3.05, 3.63) is 23.8 Å². The molecule has 2 unspecified atom stereocenters. The number of methoxy groups -OCH3 is 1. The second kappa shape index (κ2) is 6.24. The molecule has 21 heavy (non-hydrogen) atoms. The number of ether oxygens (including phenoxy) is 2. The van der Waals surface area contributed by atoms with Crippen LogP contribution in [-0.2, 0) is 14.3 Å². The number of nitrogens with one attached hydrogen (secondary N) is 1. The molecular weight excluding hydrogens is 276 g/mol. The van der Waals surface area contributed by atoms with Crippen molar-refractivity contribution in [1.29, 1.82) is 5.26 Å². The largest absolute Gasteiger partial charge is 0.495 e. The van der Waals surface area contributed by atoms with E-state index in [1.165, 1.54) is 7.11 Å². The molecule has 0 aliphatic carbocycles. The fraction of sp³-hybridized carbons (Fsp3) is 0.357. The smallest absolute Gasteiger partial charge is 0.332 e. The van der Waals surface area contributed by atoms with Gasteiger partial charge >= 0.3 is 5.97 Å². The van der Waals surface area contributed by atoms with Crippen LogP contribution in [0.15, 0.2) is 18.2 Å². The van der Waals surface area contributed by atoms with Crippen LogP contribution in [-0.4, -0.2) is 36.3 Å². The standard InChI is InChI=1S/C14H14N2O5/c1-20-9-4-2-3-8(7-15)12(9)16-13(17)10-5-6-11(21-10)14(18)19/h2-4,10-11H,5-6H2,1H3,(H,16,17)(H,18,19). The molecule has 1 aromatic carbocycles. The van der Waals surface area contributed by atoms with Gasteiger partial charge in [-0.2, -0.15) is 5.26 Å². The Morgan fingerprint density at radius 2 is 2.14 bits per heavy atom. The van der Waals surface area contributed by atoms with E-state index in [1.807, 2.05) is 6.07 Å². The summed E-state index contributed by atoms with van der Waals surface area (Å²) in [7, 11) is 1.43. The van der Waals surface area contributed by atoms with E-state index in [-0.39, 0.29) is 17.7 Å². The molecule has 7 heteroatoms. The van der Waals surface area contributed by atoms with Gasteiger partial charge in [0.15, 0.2) is 6.10 Å². The van der Waals surface area contributed by atoms with Crippen molar-refractivity contribution in [2.45, 2.75) is 25.0 Å². The average Bonchev–Trinajstić information content (AvgIpc) is 2.97. The molecule has 0 radical (unpaired) electrons. The highest BCUT2D eigenvalue weighted by atomic mass is 16.5. The van der Waals surface area contributed by atoms with Crippen LogP contribution in [0.2, 0.25) is 0 Å². The summed E-state index contributed by atoms with van der Waals surface area (Å²) >= 11 is 0. The number of hydrogen-bond donors (Lipinski definition) is 2. The van der Waals surface area contributed by atoms with Crippen LogP contribution in [0.1, 0.15) is 18.4 Å². The highest BCUT2D eigenvalue weighted by Gasteiger charge is 2.35. The van der Waals surface area contributed by atoms with E-state index in [4.69, 9.17) is 19.8 Å². The number of carboxylic acid groups (broad SMARTS) is 1. The van der Waals surface area contributed by atoms with Crippen molar-refractivity contribution in [1.82, 2.24) is 0 Å². The van der Waals surface area contributed by atoms with Crippen LogP contribution in [0.3, 0.4) is 0 Å². The number of carbonyl (C=O) groups is 2. The Morgan fingerprint density at radius 3 is 2.71 bits per heavy atom. The van der Waals surface area contributed by atoms with Gasteiger partial charge in [-0.05, 0) is 25.0 Å². The predicted molar refractivity (Wildman–Crippen MR) is 71.9 cm³/mol. The first-order valence-corrected chi connectivity index (χ1v) is 6.33. The molecule has 7 nitrogen and oxygen atoms in total. The Morgan fingerprint density at radius 1 is 1.43 bits per heavy atom. The number of amides is 1. The lowest BCUT2D eigenvalue weighted by Gasteiger charge is -2.15. The maximum Gasteiger partial charge on any atom is 0.332 e. The summed E-state index contributed by atoms with van der Waals surface area (Å²) in [4.78, 5) is 22.9. The molecule has 2 N–H and O–H groups in total. The summed E-state index contributed by atoms with van der Waals surface area (Å²) < 4.78 is 10.3. The molecule has 1 heterocycles. The molecule has 0 bridgehead atoms. The molecule has 110 valence electrons. The quantitative estimate of drug-likeness (QED) is 0.860. The van der Waals surface area contributed by atoms with Crippen molar-refractivity contribution in [2.24, 2.45) is 0 Å². The Balaban J connectivity index is 2.14. The molecule has 1 aliphatic rings. The number of para-hydroxylation sites is 1. The van der Waals surface area contributed by atoms with Crippen LogP contribution in [0, 0.1) is 11.3 Å². The van der Waals surface area contributed by atoms with E-state index >= 15 is 0 Å². The maximum atomic E-state index is 12.1. The molecule has 1 amide bonds. The van der Waals surface area contributed by atoms with Gasteiger partial charge in [-0.3, -0.25) is 4.79 Å². The van der Waals surface area contributed by atoms with Gasteiger partial charge in [-0.1, -0.05) is 6.07 Å². The molecule has 1 saturated heterocycles. The second-order valence-corrected chi connectivity index (χ2v) is 4.51. The Labute approximate surface area is 121 Å². The summed E-state index contributed by atoms with van der Waals surface area (Å²) in [6.45, 7) is 0. The van der Waals surface area contributed by atoms with Crippen LogP contribution in [0.25, 0.3) is 0 Å². The third-order valence-electron chi connectivity index (χ3n) is 3.20. The van der Waals surface area contributed by atoms with E-state index < -0.39 is 24.1 Å². The minimum atomic E-state index is -1.08. The number of nitriles is 1. The Kier molecular flexibility index (Phi) is 4.40. The average molecular weight is 290 g/mol. The highest BCUT2D eigenvalue weighted by molar-refractivity contribution is 5.97. The van der Waals surface area contributed by atoms with Crippen molar-refractivity contribution in [3.8, 4) is 11.8 Å². The molecular formula is C14H14N2O5. The van der Waals surface area contributed by atoms with E-state index in [1.54, 1.807) is 18.2 Å². The van der Waals surface area contributed by atoms with Gasteiger partial charge in [0.25, 0.3) is 5.91 Å². The maximum absolute atomic E-state index is 12.1. The minimum Gasteiger partial charge on any atom is -0.495 e. The number of rotatable bonds is 4. The lowest BCUT2D eigenvalue weighted by atomic mass is 10.1. The van der Waals surface area contributed by atoms with Crippen LogP contribution in [0.5, 0.6) is 5.75 Å². The number of benzene rings is 1. The van der Waals surface area contributed by atoms with Crippen molar-refractivity contribution >= 4 is 17.6 Å². The third kappa shape index (κ3) is 3.12. The highest BCUT2D eigenvalue weighted by Crippen LogP contribution is 2.29. The van der Waals surface area contributed by atoms with Crippen LogP contribution >= 0.6 is 0 Å². The molecule has 0 aromatic heterocycles. The Hall–Kier alpha value is -2.59. The fourth-order valence-corrected chi connectivity index (χ4v) is 2.14. The number of hydrogen-bond acceptors (Lipinski definition) is 5. The monoisotopic (exact) mass is 290 g/mol. The summed E-state index contributed by atoms with van der Waals surface area (Å²) in [5.74, 6) is -1.21. The SMILES string of the molecule is COc1cccc(C#N)c1NC(=O)C1CCC(C(=O)O)O1. The summed E-state index contributed by atoms with van der Waals surface area (Å²) in [6.07, 6.45) is -1.21. The minimum absolute atomic E-state index is 0.259. The molecule has 0 spiro atoms. The first-order chi connectivity index (χ1) is 10.1. The zero-order valence-electron chi connectivity index (χ0n) is 11.3. The number of anilines is 1. The summed E-state index contributed by atoms with van der Waals surface area (Å²) in [6, 6.07) is 6.77. The number of aliphatic carboxylic acids is 1. The van der Waals surface area contributed by atoms with Gasteiger partial charge in [0.05, 0.1) is 12.7 Å². The fourth-order valence-electron chi connectivity index (χ4n) is 2.14. The first-order valence-electron chi connectivity index (χ1n) is 6.33. The zero-order valence-corrected chi connectivity index (χ0v) is 11.3. The third-order valence-corrected chi connectivity index (χ3v) is 3.20. The van der Waals surface area contributed by atoms with E-state index in [9.17, 15) is 9.59 Å². The summed E-state index contributed by atoms with van der Waals surface area (Å²) in [5, 5.41) is 20.5. The van der Waals surface area contributed by atoms with Crippen LogP contribution in [0.4, 0.5) is 5.69 Å². The molecule has 1 fully saturated rings. The predicted octanol–water partition coefficient (Wildman–Crippen LogP) is 1.14. The molecule has 1 aliphatic heterocycles. The van der Waals surface area contributed by atoms with Gasteiger partial charge < -0.3 is 19.9 Å². The van der Waals surface area contributed by atoms with Gasteiger partial charge in [-0.15, -0.1) is 0 Å². The number of carboxylic acids is 1. The lowest BCUT2D eigenvalue weighted by Crippen LogP contribution is -2.30. The van der Waals surface area contributed by atoms with Gasteiger partial charge in [0.2, 0.25) is 0 Å². The molecule has 1 aromatic rings. The first kappa shape index (κ1) is 14.8.